The van der Waals surface area contributed by atoms with E-state index in [0.29, 0.717) is 15.7 Å². The van der Waals surface area contributed by atoms with E-state index in [1.54, 1.807) is 34.3 Å². The fourth-order valence-electron chi connectivity index (χ4n) is 1.77. The van der Waals surface area contributed by atoms with Crippen LogP contribution >= 0.6 is 34.5 Å². The Bertz CT molecular complexity index is 720. The highest BCUT2D eigenvalue weighted by molar-refractivity contribution is 7.08. The lowest BCUT2D eigenvalue weighted by Gasteiger charge is -2.02. The van der Waals surface area contributed by atoms with E-state index >= 15 is 0 Å². The van der Waals surface area contributed by atoms with Crippen LogP contribution in [-0.4, -0.2) is 9.78 Å². The molecule has 1 aromatic carbocycles. The van der Waals surface area contributed by atoms with E-state index in [2.05, 4.69) is 5.10 Å². The second-order valence-corrected chi connectivity index (χ2v) is 5.58. The van der Waals surface area contributed by atoms with Gasteiger partial charge in [0.05, 0.1) is 27.6 Å². The first-order valence-corrected chi connectivity index (χ1v) is 7.18. The van der Waals surface area contributed by atoms with E-state index in [4.69, 9.17) is 28.9 Å². The van der Waals surface area contributed by atoms with Crippen LogP contribution in [0.2, 0.25) is 10.0 Å². The van der Waals surface area contributed by atoms with Gasteiger partial charge in [0, 0.05) is 10.9 Å². The van der Waals surface area contributed by atoms with Gasteiger partial charge in [-0.05, 0) is 29.6 Å². The van der Waals surface area contributed by atoms with Crippen molar-refractivity contribution in [2.75, 3.05) is 5.73 Å². The summed E-state index contributed by atoms with van der Waals surface area (Å²) in [5.74, 6) is 0. The maximum Gasteiger partial charge on any atom is 0.116 e. The van der Waals surface area contributed by atoms with Crippen molar-refractivity contribution in [3.05, 3.63) is 51.3 Å². The van der Waals surface area contributed by atoms with Gasteiger partial charge in [0.1, 0.15) is 5.69 Å². The predicted molar refractivity (Wildman–Crippen MR) is 81.3 cm³/mol. The molecule has 0 atom stereocenters. The summed E-state index contributed by atoms with van der Waals surface area (Å²) < 4.78 is 1.70. The van der Waals surface area contributed by atoms with Crippen LogP contribution < -0.4 is 5.73 Å². The molecule has 0 aliphatic carbocycles. The summed E-state index contributed by atoms with van der Waals surface area (Å²) in [6, 6.07) is 7.33. The molecule has 0 amide bonds. The number of nitrogens with zero attached hydrogens (tertiary/aromatic N) is 2. The molecular formula is C13H9Cl2N3S. The Labute approximate surface area is 124 Å². The van der Waals surface area contributed by atoms with Crippen LogP contribution in [0.25, 0.3) is 16.9 Å². The molecule has 0 fully saturated rings. The molecule has 0 saturated carbocycles. The van der Waals surface area contributed by atoms with Gasteiger partial charge in [-0.3, -0.25) is 0 Å². The third kappa shape index (κ3) is 2.34. The van der Waals surface area contributed by atoms with Crippen molar-refractivity contribution < 1.29 is 0 Å². The van der Waals surface area contributed by atoms with E-state index in [1.807, 2.05) is 22.9 Å². The first-order chi connectivity index (χ1) is 9.15. The van der Waals surface area contributed by atoms with Crippen LogP contribution in [0.1, 0.15) is 0 Å². The van der Waals surface area contributed by atoms with Crippen molar-refractivity contribution >= 4 is 40.2 Å². The highest BCUT2D eigenvalue weighted by Crippen LogP contribution is 2.29. The number of thiophene rings is 1. The number of halogens is 2. The molecule has 0 bridgehead atoms. The van der Waals surface area contributed by atoms with Crippen LogP contribution in [0.3, 0.4) is 0 Å². The summed E-state index contributed by atoms with van der Waals surface area (Å²) in [6.07, 6.45) is 1.77. The van der Waals surface area contributed by atoms with Gasteiger partial charge < -0.3 is 5.73 Å². The van der Waals surface area contributed by atoms with Crippen molar-refractivity contribution in [3.63, 3.8) is 0 Å². The molecule has 96 valence electrons. The Morgan fingerprint density at radius 3 is 2.68 bits per heavy atom. The van der Waals surface area contributed by atoms with Gasteiger partial charge in [0.25, 0.3) is 0 Å². The topological polar surface area (TPSA) is 43.8 Å². The molecule has 2 aromatic heterocycles. The van der Waals surface area contributed by atoms with Crippen LogP contribution in [-0.2, 0) is 0 Å². The molecule has 19 heavy (non-hydrogen) atoms. The first-order valence-electron chi connectivity index (χ1n) is 5.48. The third-order valence-corrected chi connectivity index (χ3v) is 4.13. The van der Waals surface area contributed by atoms with Crippen LogP contribution in [0.15, 0.2) is 41.2 Å². The van der Waals surface area contributed by atoms with Crippen molar-refractivity contribution in [1.82, 2.24) is 9.78 Å². The van der Waals surface area contributed by atoms with E-state index < -0.39 is 0 Å². The highest BCUT2D eigenvalue weighted by Gasteiger charge is 2.10. The van der Waals surface area contributed by atoms with E-state index in [1.165, 1.54) is 0 Å². The predicted octanol–water partition coefficient (Wildman–Crippen LogP) is 4.49. The van der Waals surface area contributed by atoms with Gasteiger partial charge in [0.2, 0.25) is 0 Å². The molecule has 3 nitrogen and oxygen atoms in total. The fourth-order valence-corrected chi connectivity index (χ4v) is 2.70. The number of benzene rings is 1. The lowest BCUT2D eigenvalue weighted by atomic mass is 10.2. The average molecular weight is 310 g/mol. The van der Waals surface area contributed by atoms with Crippen LogP contribution in [0.4, 0.5) is 5.69 Å². The molecule has 0 unspecified atom stereocenters. The first kappa shape index (κ1) is 12.5. The largest absolute Gasteiger partial charge is 0.396 e. The minimum Gasteiger partial charge on any atom is -0.396 e. The summed E-state index contributed by atoms with van der Waals surface area (Å²) in [6.45, 7) is 0. The van der Waals surface area contributed by atoms with Gasteiger partial charge in [-0.2, -0.15) is 16.4 Å². The maximum absolute atomic E-state index is 6.01. The Balaban J connectivity index is 2.07. The van der Waals surface area contributed by atoms with Gasteiger partial charge in [0.15, 0.2) is 0 Å². The fraction of sp³-hybridized carbons (Fsp3) is 0. The smallest absolute Gasteiger partial charge is 0.116 e. The summed E-state index contributed by atoms with van der Waals surface area (Å²) in [7, 11) is 0. The lowest BCUT2D eigenvalue weighted by Crippen LogP contribution is -1.94. The molecule has 3 rings (SSSR count). The Kier molecular flexibility index (Phi) is 3.22. The number of hydrogen-bond acceptors (Lipinski definition) is 3. The second-order valence-electron chi connectivity index (χ2n) is 3.99. The van der Waals surface area contributed by atoms with Crippen LogP contribution in [0.5, 0.6) is 0 Å². The van der Waals surface area contributed by atoms with E-state index in [9.17, 15) is 0 Å². The standard InChI is InChI=1S/C13H9Cl2N3S/c14-10-2-1-9(5-11(10)15)18-6-12(16)13(17-18)8-3-4-19-7-8/h1-7H,16H2. The monoisotopic (exact) mass is 309 g/mol. The minimum absolute atomic E-state index is 0.491. The Morgan fingerprint density at radius 1 is 1.16 bits per heavy atom. The number of anilines is 1. The minimum atomic E-state index is 0.491. The summed E-state index contributed by atoms with van der Waals surface area (Å²) in [4.78, 5) is 0. The second kappa shape index (κ2) is 4.89. The summed E-state index contributed by atoms with van der Waals surface area (Å²) in [5, 5.41) is 9.50. The van der Waals surface area contributed by atoms with Crippen molar-refractivity contribution in [1.29, 1.82) is 0 Å². The van der Waals surface area contributed by atoms with E-state index in [0.717, 1.165) is 16.9 Å². The number of hydrogen-bond donors (Lipinski definition) is 1. The Hall–Kier alpha value is -1.49. The molecule has 0 radical (unpaired) electrons. The molecule has 2 N–H and O–H groups in total. The molecule has 0 saturated heterocycles. The van der Waals surface area contributed by atoms with Crippen molar-refractivity contribution in [2.24, 2.45) is 0 Å². The third-order valence-electron chi connectivity index (χ3n) is 2.70. The quantitative estimate of drug-likeness (QED) is 0.758. The zero-order valence-corrected chi connectivity index (χ0v) is 12.0. The SMILES string of the molecule is Nc1cn(-c2ccc(Cl)c(Cl)c2)nc1-c1ccsc1. The molecule has 0 spiro atoms. The Morgan fingerprint density at radius 2 is 2.00 bits per heavy atom. The molecule has 0 aliphatic heterocycles. The van der Waals surface area contributed by atoms with Gasteiger partial charge in [-0.1, -0.05) is 23.2 Å². The van der Waals surface area contributed by atoms with Gasteiger partial charge in [-0.15, -0.1) is 0 Å². The summed E-state index contributed by atoms with van der Waals surface area (Å²) >= 11 is 13.5. The van der Waals surface area contributed by atoms with E-state index in [-0.39, 0.29) is 0 Å². The highest BCUT2D eigenvalue weighted by atomic mass is 35.5. The van der Waals surface area contributed by atoms with Gasteiger partial charge in [-0.25, -0.2) is 4.68 Å². The summed E-state index contributed by atoms with van der Waals surface area (Å²) in [5.41, 5.74) is 9.24. The number of aromatic nitrogens is 2. The van der Waals surface area contributed by atoms with Crippen LogP contribution in [0, 0.1) is 0 Å². The van der Waals surface area contributed by atoms with Gasteiger partial charge >= 0.3 is 0 Å². The molecular weight excluding hydrogens is 301 g/mol. The van der Waals surface area contributed by atoms with Crippen molar-refractivity contribution in [3.8, 4) is 16.9 Å². The zero-order chi connectivity index (χ0) is 13.4. The molecule has 2 heterocycles. The van der Waals surface area contributed by atoms with Crippen molar-refractivity contribution in [2.45, 2.75) is 0 Å². The molecule has 6 heteroatoms. The zero-order valence-electron chi connectivity index (χ0n) is 9.68. The lowest BCUT2D eigenvalue weighted by molar-refractivity contribution is 0.885. The maximum atomic E-state index is 6.01. The number of nitrogen functional groups attached to an aromatic ring is 1. The number of nitrogens with two attached hydrogens (primary N) is 1. The molecule has 0 aliphatic rings. The molecule has 3 aromatic rings. The number of rotatable bonds is 2. The average Bonchev–Trinajstić information content (AvgIpc) is 3.01. The normalized spacial score (nSPS) is 10.8.